The van der Waals surface area contributed by atoms with Crippen LogP contribution >= 0.6 is 137 Å². The number of ether oxygens (including phenoxy) is 2. The zero-order valence-corrected chi connectivity index (χ0v) is 37.0. The van der Waals surface area contributed by atoms with Gasteiger partial charge in [-0.3, -0.25) is 4.79 Å². The van der Waals surface area contributed by atoms with Crippen LogP contribution in [-0.2, 0) is 18.1 Å². The number of aromatic carboxylic acids is 1. The van der Waals surface area contributed by atoms with Crippen LogP contribution in [0.1, 0.15) is 48.7 Å². The molecule has 3 rings (SSSR count). The largest absolute Gasteiger partial charge is 0.501 e. The highest BCUT2D eigenvalue weighted by Gasteiger charge is 2.40. The maximum absolute atomic E-state index is 12.6. The van der Waals surface area contributed by atoms with E-state index in [1.165, 1.54) is 0 Å². The first kappa shape index (κ1) is 41.0. The van der Waals surface area contributed by atoms with Gasteiger partial charge in [-0.1, -0.05) is 46.4 Å². The van der Waals surface area contributed by atoms with Gasteiger partial charge in [0.15, 0.2) is 12.0 Å². The minimum absolute atomic E-state index is 0.0274. The number of carbonyl (C=O) groups is 2. The van der Waals surface area contributed by atoms with Gasteiger partial charge in [-0.05, 0) is 130 Å². The molecule has 0 aromatic heterocycles. The molecule has 46 heavy (non-hydrogen) atoms. The molecule has 1 aliphatic rings. The molecule has 0 amide bonds. The van der Waals surface area contributed by atoms with Crippen molar-refractivity contribution in [1.29, 1.82) is 0 Å². The number of aldehydes is 1. The lowest BCUT2D eigenvalue weighted by atomic mass is 9.86. The number of hydrogen-bond donors (Lipinski definition) is 1. The highest BCUT2D eigenvalue weighted by atomic mass is 127. The van der Waals surface area contributed by atoms with Crippen LogP contribution in [-0.4, -0.2) is 52.6 Å². The summed E-state index contributed by atoms with van der Waals surface area (Å²) in [6.07, 6.45) is 2.85. The molecule has 0 unspecified atom stereocenters. The molecule has 0 saturated carbocycles. The van der Waals surface area contributed by atoms with Gasteiger partial charge in [-0.15, -0.1) is 0 Å². The molecular formula is C29H26Cl4I4O8Si. The molecule has 0 radical (unpaired) electrons. The van der Waals surface area contributed by atoms with Crippen LogP contribution in [0.3, 0.4) is 0 Å². The van der Waals surface area contributed by atoms with Crippen LogP contribution in [0.25, 0.3) is 5.57 Å². The molecule has 0 atom stereocenters. The van der Waals surface area contributed by atoms with E-state index in [0.717, 1.165) is 0 Å². The molecule has 2 aromatic rings. The molecule has 0 saturated heterocycles. The van der Waals surface area contributed by atoms with E-state index in [1.54, 1.807) is 16.2 Å². The quantitative estimate of drug-likeness (QED) is 0.0358. The number of fused-ring (bicyclic) bond motifs is 1. The highest BCUT2D eigenvalue weighted by Crippen LogP contribution is 2.53. The molecule has 0 bridgehead atoms. The first-order valence-corrected chi connectivity index (χ1v) is 21.5. The lowest BCUT2D eigenvalue weighted by Crippen LogP contribution is -2.46. The summed E-state index contributed by atoms with van der Waals surface area (Å²) in [6.45, 7) is 7.52. The Hall–Kier alpha value is 0.577. The van der Waals surface area contributed by atoms with Gasteiger partial charge >= 0.3 is 14.8 Å². The number of halogens is 8. The third kappa shape index (κ3) is 9.08. The zero-order valence-electron chi connectivity index (χ0n) is 24.4. The summed E-state index contributed by atoms with van der Waals surface area (Å²) in [7, 11) is -2.85. The van der Waals surface area contributed by atoms with Gasteiger partial charge in [0.25, 0.3) is 0 Å². The SMILES string of the molecule is CCO[Si](CCCOc1c(I)cc2c(c1I)O/C(=C\I)C(/C=C(/I)C=O)=C2c1c(Cl)c(Cl)c(Cl)c(Cl)c1C(=O)O)(OCC)OCC. The van der Waals surface area contributed by atoms with E-state index in [9.17, 15) is 14.7 Å². The summed E-state index contributed by atoms with van der Waals surface area (Å²) in [4.78, 5) is 24.4. The third-order valence-corrected chi connectivity index (χ3v) is 14.2. The summed E-state index contributed by atoms with van der Waals surface area (Å²) >= 11 is 34.2. The molecule has 0 fully saturated rings. The summed E-state index contributed by atoms with van der Waals surface area (Å²) in [5, 5.41) is 9.60. The van der Waals surface area contributed by atoms with Crippen molar-refractivity contribution in [2.45, 2.75) is 33.2 Å². The zero-order chi connectivity index (χ0) is 34.3. The van der Waals surface area contributed by atoms with Crippen LogP contribution in [0.5, 0.6) is 11.5 Å². The maximum atomic E-state index is 12.6. The van der Waals surface area contributed by atoms with E-state index in [4.69, 9.17) is 69.2 Å². The Morgan fingerprint density at radius 2 is 1.59 bits per heavy atom. The average Bonchev–Trinajstić information content (AvgIpc) is 3.01. The van der Waals surface area contributed by atoms with Crippen LogP contribution < -0.4 is 9.47 Å². The van der Waals surface area contributed by atoms with Crippen molar-refractivity contribution in [1.82, 2.24) is 0 Å². The van der Waals surface area contributed by atoms with E-state index >= 15 is 0 Å². The maximum Gasteiger partial charge on any atom is 0.501 e. The smallest absolute Gasteiger partial charge is 0.491 e. The monoisotopic (exact) mass is 1180 g/mol. The number of carboxylic acid groups (broad SMARTS) is 1. The second-order valence-corrected chi connectivity index (χ2v) is 17.5. The lowest BCUT2D eigenvalue weighted by Gasteiger charge is -2.29. The van der Waals surface area contributed by atoms with Crippen molar-refractivity contribution in [2.24, 2.45) is 0 Å². The van der Waals surface area contributed by atoms with E-state index in [0.29, 0.717) is 89.9 Å². The van der Waals surface area contributed by atoms with Crippen molar-refractivity contribution in [3.05, 3.63) is 75.1 Å². The first-order valence-electron chi connectivity index (χ1n) is 13.5. The van der Waals surface area contributed by atoms with Gasteiger partial charge in [-0.2, -0.15) is 0 Å². The van der Waals surface area contributed by atoms with Crippen LogP contribution in [0.4, 0.5) is 0 Å². The van der Waals surface area contributed by atoms with Crippen molar-refractivity contribution < 1.29 is 37.4 Å². The fraction of sp³-hybridized carbons (Fsp3) is 0.310. The molecule has 1 aliphatic heterocycles. The summed E-state index contributed by atoms with van der Waals surface area (Å²) in [6, 6.07) is 2.37. The van der Waals surface area contributed by atoms with Crippen molar-refractivity contribution in [3.8, 4) is 11.5 Å². The lowest BCUT2D eigenvalue weighted by molar-refractivity contribution is -0.104. The molecule has 2 aromatic carbocycles. The first-order chi connectivity index (χ1) is 21.8. The predicted molar refractivity (Wildman–Crippen MR) is 218 cm³/mol. The Balaban J connectivity index is 2.23. The Morgan fingerprint density at radius 3 is 2.11 bits per heavy atom. The molecule has 0 aliphatic carbocycles. The second kappa shape index (κ2) is 18.7. The van der Waals surface area contributed by atoms with Crippen molar-refractivity contribution in [2.75, 3.05) is 26.4 Å². The van der Waals surface area contributed by atoms with E-state index < -0.39 is 14.8 Å². The van der Waals surface area contributed by atoms with Gasteiger partial charge in [0.05, 0.1) is 43.0 Å². The number of benzene rings is 2. The van der Waals surface area contributed by atoms with E-state index in [2.05, 4.69) is 45.2 Å². The molecule has 8 nitrogen and oxygen atoms in total. The van der Waals surface area contributed by atoms with Crippen molar-refractivity contribution >= 4 is 163 Å². The number of hydrogen-bond acceptors (Lipinski definition) is 7. The third-order valence-electron chi connectivity index (χ3n) is 6.34. The van der Waals surface area contributed by atoms with Crippen LogP contribution in [0, 0.1) is 7.14 Å². The average molecular weight is 1180 g/mol. The van der Waals surface area contributed by atoms with Crippen LogP contribution in [0.15, 0.2) is 31.1 Å². The van der Waals surface area contributed by atoms with Crippen LogP contribution in [0.2, 0.25) is 26.1 Å². The van der Waals surface area contributed by atoms with E-state index in [1.807, 2.05) is 66.0 Å². The Labute approximate surface area is 342 Å². The predicted octanol–water partition coefficient (Wildman–Crippen LogP) is 11.0. The molecule has 1 heterocycles. The number of carboxylic acids is 1. The summed E-state index contributed by atoms with van der Waals surface area (Å²) in [5.74, 6) is -0.0745. The normalized spacial score (nSPS) is 14.4. The Kier molecular flexibility index (Phi) is 16.7. The van der Waals surface area contributed by atoms with Gasteiger partial charge in [0.2, 0.25) is 0 Å². The molecule has 250 valence electrons. The fourth-order valence-corrected chi connectivity index (χ4v) is 11.1. The Bertz CT molecular complexity index is 1600. The molecule has 17 heteroatoms. The van der Waals surface area contributed by atoms with Crippen molar-refractivity contribution in [3.63, 3.8) is 0 Å². The summed E-state index contributed by atoms with van der Waals surface area (Å²) in [5.41, 5.74) is 0.894. The Morgan fingerprint density at radius 1 is 1.00 bits per heavy atom. The molecule has 0 spiro atoms. The fourth-order valence-electron chi connectivity index (χ4n) is 4.63. The topological polar surface area (TPSA) is 101 Å². The number of carbonyl (C=O) groups excluding carboxylic acids is 1. The highest BCUT2D eigenvalue weighted by molar-refractivity contribution is 14.1. The minimum atomic E-state index is -2.85. The number of allylic oxidation sites excluding steroid dienone is 2. The number of rotatable bonds is 15. The van der Waals surface area contributed by atoms with Gasteiger partial charge in [-0.25, -0.2) is 4.79 Å². The van der Waals surface area contributed by atoms with Gasteiger partial charge in [0.1, 0.15) is 11.5 Å². The van der Waals surface area contributed by atoms with Gasteiger partial charge < -0.3 is 27.9 Å². The minimum Gasteiger partial charge on any atom is -0.491 e. The summed E-state index contributed by atoms with van der Waals surface area (Å²) < 4.78 is 33.9. The van der Waals surface area contributed by atoms with Gasteiger partial charge in [0, 0.05) is 52.2 Å². The second-order valence-electron chi connectivity index (χ2n) is 9.13. The molecule has 1 N–H and O–H groups in total. The van der Waals surface area contributed by atoms with E-state index in [-0.39, 0.29) is 31.2 Å². The molecular weight excluding hydrogens is 1150 g/mol. The standard InChI is InChI=1S/C29H26Cl4I4O8Si/c1-4-42-46(43-5-2,44-6-3)9-7-8-41-28-17(36)11-16-19(20-21(29(39)40)23(31)25(33)24(32)22(20)30)15(10-14(35)13-38)18(12-34)45-27(16)26(28)37/h10-13H,4-9H2,1-3H3,(H,39,40)/b14-10+,18-12-.